The molecule has 0 fully saturated rings. The Labute approximate surface area is 82.3 Å². The lowest BCUT2D eigenvalue weighted by Gasteiger charge is -2.13. The fourth-order valence-corrected chi connectivity index (χ4v) is 1.16. The van der Waals surface area contributed by atoms with Crippen molar-refractivity contribution < 1.29 is 0 Å². The Morgan fingerprint density at radius 1 is 1.31 bits per heavy atom. The normalized spacial score (nSPS) is 18.4. The van der Waals surface area contributed by atoms with Crippen molar-refractivity contribution in [2.24, 2.45) is 10.4 Å². The summed E-state index contributed by atoms with van der Waals surface area (Å²) in [7, 11) is 0. The zero-order valence-electron chi connectivity index (χ0n) is 9.46. The molecular formula is C12H21N. The van der Waals surface area contributed by atoms with Gasteiger partial charge in [0.1, 0.15) is 0 Å². The van der Waals surface area contributed by atoms with E-state index in [-0.39, 0.29) is 5.41 Å². The molecule has 1 heterocycles. The van der Waals surface area contributed by atoms with E-state index in [1.807, 2.05) is 26.3 Å². The van der Waals surface area contributed by atoms with Crippen LogP contribution in [0.5, 0.6) is 0 Å². The largest absolute Gasteiger partial charge is 0.268 e. The summed E-state index contributed by atoms with van der Waals surface area (Å²) in [6, 6.07) is 0. The van der Waals surface area contributed by atoms with E-state index < -0.39 is 0 Å². The van der Waals surface area contributed by atoms with Crippen LogP contribution in [-0.4, -0.2) is 6.21 Å². The van der Waals surface area contributed by atoms with E-state index in [9.17, 15) is 0 Å². The highest BCUT2D eigenvalue weighted by Crippen LogP contribution is 2.20. The lowest BCUT2D eigenvalue weighted by Crippen LogP contribution is -2.08. The van der Waals surface area contributed by atoms with Crippen molar-refractivity contribution in [3.63, 3.8) is 0 Å². The smallest absolute Gasteiger partial charge is 0.0266 e. The number of allylic oxidation sites excluding steroid dienone is 3. The van der Waals surface area contributed by atoms with E-state index in [1.54, 1.807) is 0 Å². The van der Waals surface area contributed by atoms with Gasteiger partial charge >= 0.3 is 0 Å². The molecule has 74 valence electrons. The van der Waals surface area contributed by atoms with E-state index in [0.717, 1.165) is 6.42 Å². The predicted molar refractivity (Wildman–Crippen MR) is 61.1 cm³/mol. The molecule has 0 aromatic carbocycles. The fourth-order valence-electron chi connectivity index (χ4n) is 1.16. The van der Waals surface area contributed by atoms with E-state index in [4.69, 9.17) is 0 Å². The number of aliphatic imine (C=N–C) groups is 1. The maximum Gasteiger partial charge on any atom is 0.0266 e. The molecule has 0 saturated heterocycles. The van der Waals surface area contributed by atoms with Crippen LogP contribution in [0.1, 0.15) is 41.0 Å². The highest BCUT2D eigenvalue weighted by Gasteiger charge is 2.12. The summed E-state index contributed by atoms with van der Waals surface area (Å²) >= 11 is 0. The van der Waals surface area contributed by atoms with Crippen LogP contribution in [0.25, 0.3) is 0 Å². The molecule has 1 aliphatic heterocycles. The van der Waals surface area contributed by atoms with E-state index in [0.29, 0.717) is 0 Å². The van der Waals surface area contributed by atoms with Gasteiger partial charge in [-0.05, 0) is 18.1 Å². The average Bonchev–Trinajstić information content (AvgIpc) is 2.29. The molecule has 0 amide bonds. The van der Waals surface area contributed by atoms with Gasteiger partial charge in [-0.25, -0.2) is 0 Å². The van der Waals surface area contributed by atoms with Gasteiger partial charge in [-0.15, -0.1) is 0 Å². The van der Waals surface area contributed by atoms with Crippen LogP contribution in [0.4, 0.5) is 0 Å². The van der Waals surface area contributed by atoms with Crippen LogP contribution in [0.15, 0.2) is 28.9 Å². The summed E-state index contributed by atoms with van der Waals surface area (Å²) in [5.74, 6) is 0. The van der Waals surface area contributed by atoms with E-state index in [1.165, 1.54) is 5.57 Å². The van der Waals surface area contributed by atoms with Crippen molar-refractivity contribution >= 4 is 6.21 Å². The second kappa shape index (κ2) is 5.74. The van der Waals surface area contributed by atoms with Crippen molar-refractivity contribution in [2.75, 3.05) is 0 Å². The van der Waals surface area contributed by atoms with Crippen LogP contribution in [0.3, 0.4) is 0 Å². The van der Waals surface area contributed by atoms with Gasteiger partial charge < -0.3 is 0 Å². The molecular weight excluding hydrogens is 158 g/mol. The molecule has 0 spiro atoms. The Bertz CT molecular complexity index is 219. The Morgan fingerprint density at radius 2 is 1.92 bits per heavy atom. The molecule has 0 atom stereocenters. The Balaban J connectivity index is 0.000000671. The van der Waals surface area contributed by atoms with Crippen LogP contribution in [0.2, 0.25) is 0 Å². The topological polar surface area (TPSA) is 12.4 Å². The maximum atomic E-state index is 4.16. The number of rotatable bonds is 1. The highest BCUT2D eigenvalue weighted by molar-refractivity contribution is 5.69. The molecule has 0 unspecified atom stereocenters. The molecule has 1 nitrogen and oxygen atoms in total. The molecule has 13 heavy (non-hydrogen) atoms. The lowest BCUT2D eigenvalue weighted by atomic mass is 9.92. The lowest BCUT2D eigenvalue weighted by molar-refractivity contribution is 0.688. The third-order valence-electron chi connectivity index (χ3n) is 1.75. The third-order valence-corrected chi connectivity index (χ3v) is 1.75. The minimum Gasteiger partial charge on any atom is -0.268 e. The maximum absolute atomic E-state index is 4.16. The number of hydrogen-bond acceptors (Lipinski definition) is 1. The molecule has 0 aromatic heterocycles. The molecule has 1 heteroatoms. The number of nitrogens with zero attached hydrogens (tertiary/aromatic N) is 1. The average molecular weight is 179 g/mol. The quantitative estimate of drug-likeness (QED) is 0.577. The summed E-state index contributed by atoms with van der Waals surface area (Å²) in [5.41, 5.74) is 1.49. The first-order chi connectivity index (χ1) is 6.14. The molecule has 1 aliphatic rings. The molecule has 0 aliphatic carbocycles. The van der Waals surface area contributed by atoms with Crippen molar-refractivity contribution in [1.82, 2.24) is 0 Å². The first-order valence-electron chi connectivity index (χ1n) is 5.07. The molecule has 0 saturated carbocycles. The second-order valence-corrected chi connectivity index (χ2v) is 3.49. The van der Waals surface area contributed by atoms with Crippen molar-refractivity contribution in [3.8, 4) is 0 Å². The molecule has 1 rings (SSSR count). The van der Waals surface area contributed by atoms with Gasteiger partial charge in [0.05, 0.1) is 0 Å². The fraction of sp³-hybridized carbons (Fsp3) is 0.583. The van der Waals surface area contributed by atoms with Gasteiger partial charge in [0.2, 0.25) is 0 Å². The zero-order valence-corrected chi connectivity index (χ0v) is 9.46. The van der Waals surface area contributed by atoms with Gasteiger partial charge in [0.25, 0.3) is 0 Å². The first-order valence-corrected chi connectivity index (χ1v) is 5.07. The van der Waals surface area contributed by atoms with Gasteiger partial charge in [0.15, 0.2) is 0 Å². The summed E-state index contributed by atoms with van der Waals surface area (Å²) in [6.45, 7) is 10.5. The standard InChI is InChI=1S/C10H15N.C2H6/c1-4-9-5-6-11-8-10(2,3)7-9;1-2/h5-8H,4H2,1-3H3;1-2H3. The van der Waals surface area contributed by atoms with E-state index in [2.05, 4.69) is 37.9 Å². The van der Waals surface area contributed by atoms with Crippen LogP contribution in [0, 0.1) is 5.41 Å². The zero-order chi connectivity index (χ0) is 10.3. The molecule has 0 bridgehead atoms. The second-order valence-electron chi connectivity index (χ2n) is 3.49. The Morgan fingerprint density at radius 3 is 2.46 bits per heavy atom. The van der Waals surface area contributed by atoms with Crippen molar-refractivity contribution in [1.29, 1.82) is 0 Å². The summed E-state index contributed by atoms with van der Waals surface area (Å²) < 4.78 is 0. The molecule has 0 N–H and O–H groups in total. The SMILES string of the molecule is CC.CCC1=CC(C)(C)C=NC=C1. The monoisotopic (exact) mass is 179 g/mol. The summed E-state index contributed by atoms with van der Waals surface area (Å²) in [5, 5.41) is 0. The number of hydrogen-bond donors (Lipinski definition) is 0. The first kappa shape index (κ1) is 12.2. The van der Waals surface area contributed by atoms with E-state index >= 15 is 0 Å². The third kappa shape index (κ3) is 4.66. The minimum atomic E-state index is 0.120. The van der Waals surface area contributed by atoms with Crippen molar-refractivity contribution in [3.05, 3.63) is 23.9 Å². The Hall–Kier alpha value is -0.850. The minimum absolute atomic E-state index is 0.120. The van der Waals surface area contributed by atoms with Gasteiger partial charge in [-0.3, -0.25) is 4.99 Å². The summed E-state index contributed by atoms with van der Waals surface area (Å²) in [4.78, 5) is 4.16. The molecule has 0 aromatic rings. The van der Waals surface area contributed by atoms with Crippen molar-refractivity contribution in [2.45, 2.75) is 41.0 Å². The Kier molecular flexibility index (Phi) is 5.36. The van der Waals surface area contributed by atoms with Crippen LogP contribution in [-0.2, 0) is 0 Å². The van der Waals surface area contributed by atoms with Gasteiger partial charge in [0, 0.05) is 17.8 Å². The molecule has 0 radical (unpaired) electrons. The van der Waals surface area contributed by atoms with Crippen LogP contribution < -0.4 is 0 Å². The summed E-state index contributed by atoms with van der Waals surface area (Å²) in [6.07, 6.45) is 9.27. The highest BCUT2D eigenvalue weighted by atomic mass is 14.7. The van der Waals surface area contributed by atoms with Gasteiger partial charge in [-0.1, -0.05) is 40.7 Å². The van der Waals surface area contributed by atoms with Gasteiger partial charge in [-0.2, -0.15) is 0 Å². The predicted octanol–water partition coefficient (Wildman–Crippen LogP) is 3.97. The van der Waals surface area contributed by atoms with Crippen LogP contribution >= 0.6 is 0 Å².